The minimum Gasteiger partial charge on any atom is -0.383 e. The van der Waals surface area contributed by atoms with Crippen LogP contribution in [0.15, 0.2) is 30.5 Å². The first-order valence-corrected chi connectivity index (χ1v) is 5.98. The largest absolute Gasteiger partial charge is 0.383 e. The van der Waals surface area contributed by atoms with Crippen molar-refractivity contribution in [3.63, 3.8) is 0 Å². The molecule has 0 atom stereocenters. The minimum atomic E-state index is 0.665. The maximum Gasteiger partial charge on any atom is 0.139 e. The molecule has 2 N–H and O–H groups in total. The molecule has 3 heterocycles. The molecule has 0 unspecified atom stereocenters. The molecule has 18 heavy (non-hydrogen) atoms. The molecule has 3 rings (SSSR count). The number of imidazole rings is 1. The molecule has 0 radical (unpaired) electrons. The molecule has 3 aromatic rings. The standard InChI is InChI=1S/C13H15N5/c1-3-17-10(7-8-15-17)12-13(14)18-9(2)5-4-6-11(18)16-12/h4-8H,3,14H2,1-2H3. The first-order chi connectivity index (χ1) is 8.72. The number of fused-ring (bicyclic) bond motifs is 1. The first kappa shape index (κ1) is 10.8. The predicted octanol–water partition coefficient (Wildman–Crippen LogP) is 2.11. The Morgan fingerprint density at radius 1 is 1.28 bits per heavy atom. The van der Waals surface area contributed by atoms with Crippen molar-refractivity contribution in [3.8, 4) is 11.4 Å². The van der Waals surface area contributed by atoms with Crippen LogP contribution in [0.1, 0.15) is 12.6 Å². The van der Waals surface area contributed by atoms with Crippen LogP contribution in [0.3, 0.4) is 0 Å². The fourth-order valence-corrected chi connectivity index (χ4v) is 2.26. The lowest BCUT2D eigenvalue weighted by Gasteiger charge is -2.03. The van der Waals surface area contributed by atoms with E-state index in [0.717, 1.165) is 29.3 Å². The van der Waals surface area contributed by atoms with E-state index in [1.54, 1.807) is 6.20 Å². The average Bonchev–Trinajstić information content (AvgIpc) is 2.94. The molecule has 0 aliphatic carbocycles. The zero-order valence-electron chi connectivity index (χ0n) is 10.5. The molecule has 0 bridgehead atoms. The average molecular weight is 241 g/mol. The number of aryl methyl sites for hydroxylation is 2. The Hall–Kier alpha value is -2.30. The van der Waals surface area contributed by atoms with Crippen molar-refractivity contribution < 1.29 is 0 Å². The number of nitrogens with zero attached hydrogens (tertiary/aromatic N) is 4. The van der Waals surface area contributed by atoms with Gasteiger partial charge in [-0.1, -0.05) is 6.07 Å². The van der Waals surface area contributed by atoms with Crippen molar-refractivity contribution in [2.45, 2.75) is 20.4 Å². The van der Waals surface area contributed by atoms with E-state index in [4.69, 9.17) is 5.73 Å². The molecule has 0 amide bonds. The van der Waals surface area contributed by atoms with E-state index >= 15 is 0 Å². The summed E-state index contributed by atoms with van der Waals surface area (Å²) in [5.74, 6) is 0.665. The summed E-state index contributed by atoms with van der Waals surface area (Å²) in [6.45, 7) is 4.87. The van der Waals surface area contributed by atoms with E-state index in [1.165, 1.54) is 0 Å². The van der Waals surface area contributed by atoms with Gasteiger partial charge in [0, 0.05) is 18.4 Å². The van der Waals surface area contributed by atoms with Gasteiger partial charge >= 0.3 is 0 Å². The molecular weight excluding hydrogens is 226 g/mol. The van der Waals surface area contributed by atoms with Crippen LogP contribution in [0, 0.1) is 6.92 Å². The van der Waals surface area contributed by atoms with Crippen LogP contribution in [0.2, 0.25) is 0 Å². The van der Waals surface area contributed by atoms with Gasteiger partial charge in [0.2, 0.25) is 0 Å². The van der Waals surface area contributed by atoms with Crippen LogP contribution in [-0.4, -0.2) is 19.2 Å². The van der Waals surface area contributed by atoms with Gasteiger partial charge in [0.15, 0.2) is 0 Å². The van der Waals surface area contributed by atoms with Gasteiger partial charge in [-0.2, -0.15) is 5.10 Å². The molecule has 5 nitrogen and oxygen atoms in total. The minimum absolute atomic E-state index is 0.665. The second kappa shape index (κ2) is 3.87. The molecule has 0 spiro atoms. The van der Waals surface area contributed by atoms with E-state index in [-0.39, 0.29) is 0 Å². The first-order valence-electron chi connectivity index (χ1n) is 5.98. The lowest BCUT2D eigenvalue weighted by Crippen LogP contribution is -2.01. The highest BCUT2D eigenvalue weighted by atomic mass is 15.3. The monoisotopic (exact) mass is 241 g/mol. The van der Waals surface area contributed by atoms with E-state index in [1.807, 2.05) is 47.2 Å². The quantitative estimate of drug-likeness (QED) is 0.747. The summed E-state index contributed by atoms with van der Waals surface area (Å²) < 4.78 is 3.86. The summed E-state index contributed by atoms with van der Waals surface area (Å²) >= 11 is 0. The molecule has 0 aromatic carbocycles. The van der Waals surface area contributed by atoms with Crippen molar-refractivity contribution in [2.24, 2.45) is 0 Å². The highest BCUT2D eigenvalue weighted by Crippen LogP contribution is 2.27. The Labute approximate surface area is 105 Å². The summed E-state index contributed by atoms with van der Waals surface area (Å²) in [5, 5.41) is 4.26. The highest BCUT2D eigenvalue weighted by molar-refractivity contribution is 5.73. The fourth-order valence-electron chi connectivity index (χ4n) is 2.26. The zero-order chi connectivity index (χ0) is 12.7. The van der Waals surface area contributed by atoms with Crippen molar-refractivity contribution in [3.05, 3.63) is 36.2 Å². The molecule has 92 valence electrons. The summed E-state index contributed by atoms with van der Waals surface area (Å²) in [7, 11) is 0. The third-order valence-corrected chi connectivity index (χ3v) is 3.13. The van der Waals surface area contributed by atoms with Gasteiger partial charge in [-0.25, -0.2) is 4.98 Å². The van der Waals surface area contributed by atoms with E-state index in [0.29, 0.717) is 5.82 Å². The Kier molecular flexibility index (Phi) is 2.33. The number of nitrogens with two attached hydrogens (primary N) is 1. The van der Waals surface area contributed by atoms with Gasteiger partial charge in [0.05, 0.1) is 5.69 Å². The molecule has 0 aliphatic heterocycles. The van der Waals surface area contributed by atoms with Gasteiger partial charge < -0.3 is 5.73 Å². The summed E-state index contributed by atoms with van der Waals surface area (Å²) in [6.07, 6.45) is 1.77. The van der Waals surface area contributed by atoms with Crippen molar-refractivity contribution in [2.75, 3.05) is 5.73 Å². The van der Waals surface area contributed by atoms with Crippen LogP contribution in [0.25, 0.3) is 17.0 Å². The van der Waals surface area contributed by atoms with Crippen LogP contribution in [-0.2, 0) is 6.54 Å². The molecule has 3 aromatic heterocycles. The highest BCUT2D eigenvalue weighted by Gasteiger charge is 2.15. The summed E-state index contributed by atoms with van der Waals surface area (Å²) in [5.41, 5.74) is 9.91. The summed E-state index contributed by atoms with van der Waals surface area (Å²) in [6, 6.07) is 7.90. The van der Waals surface area contributed by atoms with E-state index in [9.17, 15) is 0 Å². The number of nitrogen functional groups attached to an aromatic ring is 1. The Balaban J connectivity index is 2.31. The fraction of sp³-hybridized carbons (Fsp3) is 0.231. The van der Waals surface area contributed by atoms with Gasteiger partial charge in [-0.15, -0.1) is 0 Å². The third kappa shape index (κ3) is 1.40. The number of pyridine rings is 1. The predicted molar refractivity (Wildman–Crippen MR) is 71.2 cm³/mol. The number of hydrogen-bond acceptors (Lipinski definition) is 3. The van der Waals surface area contributed by atoms with Gasteiger partial charge in [0.1, 0.15) is 17.2 Å². The molecule has 0 saturated carbocycles. The molecule has 5 heteroatoms. The van der Waals surface area contributed by atoms with Crippen LogP contribution in [0.4, 0.5) is 5.82 Å². The molecular formula is C13H15N5. The second-order valence-corrected chi connectivity index (χ2v) is 4.24. The third-order valence-electron chi connectivity index (χ3n) is 3.13. The maximum absolute atomic E-state index is 6.21. The Morgan fingerprint density at radius 3 is 2.83 bits per heavy atom. The van der Waals surface area contributed by atoms with Crippen LogP contribution < -0.4 is 5.73 Å². The van der Waals surface area contributed by atoms with Crippen molar-refractivity contribution >= 4 is 11.5 Å². The Bertz CT molecular complexity index is 707. The maximum atomic E-state index is 6.21. The topological polar surface area (TPSA) is 61.1 Å². The number of aromatic nitrogens is 4. The van der Waals surface area contributed by atoms with Crippen molar-refractivity contribution in [1.29, 1.82) is 0 Å². The zero-order valence-corrected chi connectivity index (χ0v) is 10.5. The summed E-state index contributed by atoms with van der Waals surface area (Å²) in [4.78, 5) is 4.60. The normalized spacial score (nSPS) is 11.2. The van der Waals surface area contributed by atoms with Gasteiger partial charge in [0.25, 0.3) is 0 Å². The number of rotatable bonds is 2. The lowest BCUT2D eigenvalue weighted by molar-refractivity contribution is 0.666. The second-order valence-electron chi connectivity index (χ2n) is 4.24. The van der Waals surface area contributed by atoms with E-state index in [2.05, 4.69) is 10.1 Å². The molecule has 0 fully saturated rings. The lowest BCUT2D eigenvalue weighted by atomic mass is 10.3. The van der Waals surface area contributed by atoms with E-state index < -0.39 is 0 Å². The number of hydrogen-bond donors (Lipinski definition) is 1. The van der Waals surface area contributed by atoms with Gasteiger partial charge in [-0.3, -0.25) is 9.08 Å². The van der Waals surface area contributed by atoms with Crippen LogP contribution in [0.5, 0.6) is 0 Å². The number of anilines is 1. The SMILES string of the molecule is CCn1nccc1-c1nc2cccc(C)n2c1N. The molecule has 0 aliphatic rings. The smallest absolute Gasteiger partial charge is 0.139 e. The molecule has 0 saturated heterocycles. The van der Waals surface area contributed by atoms with Crippen LogP contribution >= 0.6 is 0 Å². The van der Waals surface area contributed by atoms with Gasteiger partial charge in [-0.05, 0) is 32.0 Å². The van der Waals surface area contributed by atoms with Crippen molar-refractivity contribution in [1.82, 2.24) is 19.2 Å². The Morgan fingerprint density at radius 2 is 2.11 bits per heavy atom.